The lowest BCUT2D eigenvalue weighted by Gasteiger charge is -2.38. The Morgan fingerprint density at radius 2 is 1.59 bits per heavy atom. The molecule has 1 fully saturated rings. The smallest absolute Gasteiger partial charge is 0.337 e. The Balaban J connectivity index is 1.37. The predicted octanol–water partition coefficient (Wildman–Crippen LogP) is 4.43. The molecule has 1 saturated heterocycles. The van der Waals surface area contributed by atoms with Crippen molar-refractivity contribution in [3.63, 3.8) is 0 Å². The fourth-order valence-electron chi connectivity index (χ4n) is 4.15. The second kappa shape index (κ2) is 11.1. The lowest BCUT2D eigenvalue weighted by molar-refractivity contribution is 0.0600. The largest absolute Gasteiger partial charge is 0.465 e. The predicted molar refractivity (Wildman–Crippen MR) is 136 cm³/mol. The highest BCUT2D eigenvalue weighted by Crippen LogP contribution is 2.27. The molecule has 3 aromatic carbocycles. The molecule has 1 aliphatic rings. The molecular weight excluding hydrogens is 450 g/mol. The van der Waals surface area contributed by atoms with Crippen LogP contribution in [0.1, 0.15) is 26.3 Å². The van der Waals surface area contributed by atoms with Crippen LogP contribution in [0.2, 0.25) is 5.02 Å². The maximum absolute atomic E-state index is 13.1. The van der Waals surface area contributed by atoms with Crippen LogP contribution in [-0.2, 0) is 11.2 Å². The van der Waals surface area contributed by atoms with Gasteiger partial charge in [0.25, 0.3) is 5.91 Å². The number of benzene rings is 3. The molecule has 0 saturated carbocycles. The highest BCUT2D eigenvalue weighted by Gasteiger charge is 2.22. The average molecular weight is 478 g/mol. The van der Waals surface area contributed by atoms with Crippen LogP contribution in [0.3, 0.4) is 0 Å². The van der Waals surface area contributed by atoms with Gasteiger partial charge in [-0.1, -0.05) is 41.9 Å². The van der Waals surface area contributed by atoms with Crippen molar-refractivity contribution in [3.05, 3.63) is 94.5 Å². The maximum atomic E-state index is 13.1. The minimum absolute atomic E-state index is 0.144. The number of nitrogens with one attached hydrogen (secondary N) is 1. The van der Waals surface area contributed by atoms with Crippen LogP contribution in [0.4, 0.5) is 11.4 Å². The standard InChI is InChI=1S/C27H28ClN3O3/c1-34-27(33)21-9-7-20(8-10-21)13-14-29-26(32)24-19-22(28)11-12-25(24)31-17-15-30(16-18-31)23-5-3-2-4-6-23/h2-12,19H,13-18H2,1H3,(H,29,32). The summed E-state index contributed by atoms with van der Waals surface area (Å²) in [5, 5.41) is 3.55. The van der Waals surface area contributed by atoms with Crippen LogP contribution in [0.15, 0.2) is 72.8 Å². The summed E-state index contributed by atoms with van der Waals surface area (Å²) >= 11 is 6.24. The Kier molecular flexibility index (Phi) is 7.70. The number of hydrogen-bond donors (Lipinski definition) is 1. The quantitative estimate of drug-likeness (QED) is 0.510. The highest BCUT2D eigenvalue weighted by molar-refractivity contribution is 6.31. The van der Waals surface area contributed by atoms with Gasteiger partial charge in [0.15, 0.2) is 0 Å². The van der Waals surface area contributed by atoms with E-state index in [0.29, 0.717) is 29.1 Å². The number of carbonyl (C=O) groups is 2. The molecule has 3 aromatic rings. The molecule has 0 spiro atoms. The van der Waals surface area contributed by atoms with Crippen molar-refractivity contribution in [1.82, 2.24) is 5.32 Å². The van der Waals surface area contributed by atoms with E-state index in [-0.39, 0.29) is 11.9 Å². The van der Waals surface area contributed by atoms with E-state index in [9.17, 15) is 9.59 Å². The van der Waals surface area contributed by atoms with Crippen LogP contribution < -0.4 is 15.1 Å². The van der Waals surface area contributed by atoms with E-state index in [4.69, 9.17) is 16.3 Å². The monoisotopic (exact) mass is 477 g/mol. The summed E-state index contributed by atoms with van der Waals surface area (Å²) in [5.74, 6) is -0.507. The molecule has 1 aliphatic heterocycles. The number of halogens is 1. The van der Waals surface area contributed by atoms with Crippen molar-refractivity contribution in [2.75, 3.05) is 49.6 Å². The Bertz CT molecular complexity index is 1130. The number of nitrogens with zero attached hydrogens (tertiary/aromatic N) is 2. The van der Waals surface area contributed by atoms with Crippen LogP contribution in [0.5, 0.6) is 0 Å². The van der Waals surface area contributed by atoms with Gasteiger partial charge in [0.05, 0.1) is 18.2 Å². The van der Waals surface area contributed by atoms with E-state index < -0.39 is 0 Å². The summed E-state index contributed by atoms with van der Waals surface area (Å²) < 4.78 is 4.72. The molecule has 4 rings (SSSR count). The number of amides is 1. The lowest BCUT2D eigenvalue weighted by Crippen LogP contribution is -2.47. The van der Waals surface area contributed by atoms with Gasteiger partial charge in [-0.2, -0.15) is 0 Å². The molecule has 1 heterocycles. The molecule has 0 aliphatic carbocycles. The minimum Gasteiger partial charge on any atom is -0.465 e. The Morgan fingerprint density at radius 1 is 0.912 bits per heavy atom. The van der Waals surface area contributed by atoms with Gasteiger partial charge in [0.1, 0.15) is 0 Å². The second-order valence-electron chi connectivity index (χ2n) is 8.17. The Hall–Kier alpha value is -3.51. The maximum Gasteiger partial charge on any atom is 0.337 e. The number of para-hydroxylation sites is 1. The van der Waals surface area contributed by atoms with E-state index in [0.717, 1.165) is 37.4 Å². The van der Waals surface area contributed by atoms with Crippen molar-refractivity contribution < 1.29 is 14.3 Å². The van der Waals surface area contributed by atoms with Gasteiger partial charge in [-0.05, 0) is 54.4 Å². The molecule has 7 heteroatoms. The molecule has 176 valence electrons. The van der Waals surface area contributed by atoms with Crippen molar-refractivity contribution >= 4 is 34.9 Å². The van der Waals surface area contributed by atoms with Gasteiger partial charge in [0, 0.05) is 49.1 Å². The first-order chi connectivity index (χ1) is 16.5. The van der Waals surface area contributed by atoms with Crippen molar-refractivity contribution in [2.45, 2.75) is 6.42 Å². The third-order valence-corrected chi connectivity index (χ3v) is 6.25. The first-order valence-electron chi connectivity index (χ1n) is 11.3. The Labute approximate surface area is 205 Å². The van der Waals surface area contributed by atoms with Gasteiger partial charge in [-0.25, -0.2) is 4.79 Å². The average Bonchev–Trinajstić information content (AvgIpc) is 2.89. The summed E-state index contributed by atoms with van der Waals surface area (Å²) in [5.41, 5.74) is 4.23. The molecule has 0 atom stereocenters. The first kappa shape index (κ1) is 23.6. The number of anilines is 2. The summed E-state index contributed by atoms with van der Waals surface area (Å²) in [7, 11) is 1.36. The van der Waals surface area contributed by atoms with E-state index in [1.54, 1.807) is 18.2 Å². The SMILES string of the molecule is COC(=O)c1ccc(CCNC(=O)c2cc(Cl)ccc2N2CCN(c3ccccc3)CC2)cc1. The summed E-state index contributed by atoms with van der Waals surface area (Å²) in [4.78, 5) is 29.2. The number of piperazine rings is 1. The molecule has 0 radical (unpaired) electrons. The molecule has 1 N–H and O–H groups in total. The van der Waals surface area contributed by atoms with Crippen LogP contribution in [-0.4, -0.2) is 51.7 Å². The summed E-state index contributed by atoms with van der Waals surface area (Å²) in [6.07, 6.45) is 0.652. The van der Waals surface area contributed by atoms with E-state index in [1.807, 2.05) is 30.3 Å². The molecule has 0 aromatic heterocycles. The number of hydrogen-bond acceptors (Lipinski definition) is 5. The van der Waals surface area contributed by atoms with Gasteiger partial charge < -0.3 is 19.9 Å². The zero-order chi connectivity index (χ0) is 23.9. The van der Waals surface area contributed by atoms with Crippen LogP contribution in [0, 0.1) is 0 Å². The number of esters is 1. The number of ether oxygens (including phenoxy) is 1. The molecule has 0 bridgehead atoms. The van der Waals surface area contributed by atoms with Gasteiger partial charge >= 0.3 is 5.97 Å². The van der Waals surface area contributed by atoms with E-state index in [1.165, 1.54) is 12.8 Å². The van der Waals surface area contributed by atoms with Crippen molar-refractivity contribution in [2.24, 2.45) is 0 Å². The first-order valence-corrected chi connectivity index (χ1v) is 11.7. The number of rotatable bonds is 7. The third-order valence-electron chi connectivity index (χ3n) is 6.02. The lowest BCUT2D eigenvalue weighted by atomic mass is 10.1. The number of carbonyl (C=O) groups excluding carboxylic acids is 2. The van der Waals surface area contributed by atoms with Gasteiger partial charge in [0.2, 0.25) is 0 Å². The minimum atomic E-state index is -0.363. The zero-order valence-electron chi connectivity index (χ0n) is 19.2. The summed E-state index contributed by atoms with van der Waals surface area (Å²) in [6, 6.07) is 23.1. The van der Waals surface area contributed by atoms with Crippen molar-refractivity contribution in [3.8, 4) is 0 Å². The normalized spacial score (nSPS) is 13.5. The Morgan fingerprint density at radius 3 is 2.26 bits per heavy atom. The molecular formula is C27H28ClN3O3. The highest BCUT2D eigenvalue weighted by atomic mass is 35.5. The van der Waals surface area contributed by atoms with E-state index in [2.05, 4.69) is 39.4 Å². The molecule has 34 heavy (non-hydrogen) atoms. The fourth-order valence-corrected chi connectivity index (χ4v) is 4.32. The fraction of sp³-hybridized carbons (Fsp3) is 0.259. The van der Waals surface area contributed by atoms with Gasteiger partial charge in [-0.3, -0.25) is 4.79 Å². The van der Waals surface area contributed by atoms with E-state index >= 15 is 0 Å². The molecule has 1 amide bonds. The van der Waals surface area contributed by atoms with Crippen LogP contribution in [0.25, 0.3) is 0 Å². The van der Waals surface area contributed by atoms with Crippen molar-refractivity contribution in [1.29, 1.82) is 0 Å². The van der Waals surface area contributed by atoms with Gasteiger partial charge in [-0.15, -0.1) is 0 Å². The third kappa shape index (κ3) is 5.69. The summed E-state index contributed by atoms with van der Waals surface area (Å²) in [6.45, 7) is 3.89. The van der Waals surface area contributed by atoms with Crippen LogP contribution >= 0.6 is 11.6 Å². The topological polar surface area (TPSA) is 61.9 Å². The number of methoxy groups -OCH3 is 1. The molecule has 6 nitrogen and oxygen atoms in total. The zero-order valence-corrected chi connectivity index (χ0v) is 19.9. The second-order valence-corrected chi connectivity index (χ2v) is 8.60. The molecule has 0 unspecified atom stereocenters.